The topological polar surface area (TPSA) is 166 Å². The molecule has 3 N–H and O–H groups in total. The summed E-state index contributed by atoms with van der Waals surface area (Å²) in [6.45, 7) is 4.55. The Hall–Kier alpha value is -1.88. The van der Waals surface area contributed by atoms with E-state index in [-0.39, 0.29) is 25.2 Å². The fourth-order valence-electron chi connectivity index (χ4n) is 6.75. The largest absolute Gasteiger partial charge is 0.472 e. The van der Waals surface area contributed by atoms with E-state index in [4.69, 9.17) is 19.1 Å². The number of aliphatic hydroxyl groups excluding tert-OH is 2. The average molecular weight is 873 g/mol. The number of unbranched alkanes of at least 4 members (excludes halogenated alkanes) is 24. The normalized spacial score (nSPS) is 13.9. The molecule has 0 aromatic heterocycles. The molecule has 0 aliphatic rings. The minimum Gasteiger partial charge on any atom is -0.462 e. The van der Waals surface area contributed by atoms with Crippen molar-refractivity contribution >= 4 is 25.5 Å². The summed E-state index contributed by atoms with van der Waals surface area (Å²) in [7, 11) is -4.64. The van der Waals surface area contributed by atoms with Gasteiger partial charge in [0, 0.05) is 19.3 Å². The van der Waals surface area contributed by atoms with Crippen LogP contribution in [0.1, 0.15) is 220 Å². The zero-order valence-electron chi connectivity index (χ0n) is 38.3. The molecular formula is C48H89O11P. The van der Waals surface area contributed by atoms with Gasteiger partial charge >= 0.3 is 19.8 Å². The van der Waals surface area contributed by atoms with Crippen LogP contribution in [-0.4, -0.2) is 71.5 Å². The number of ether oxygens (including phenoxy) is 2. The molecule has 0 saturated carbocycles. The van der Waals surface area contributed by atoms with Crippen LogP contribution in [0.5, 0.6) is 0 Å². The predicted octanol–water partition coefficient (Wildman–Crippen LogP) is 12.4. The smallest absolute Gasteiger partial charge is 0.462 e. The zero-order chi connectivity index (χ0) is 44.4. The van der Waals surface area contributed by atoms with Gasteiger partial charge in [0.25, 0.3) is 0 Å². The molecule has 0 radical (unpaired) electrons. The Morgan fingerprint density at radius 1 is 0.583 bits per heavy atom. The van der Waals surface area contributed by atoms with Crippen LogP contribution in [0.2, 0.25) is 0 Å². The Kier molecular flexibility index (Phi) is 41.1. The van der Waals surface area contributed by atoms with Crippen molar-refractivity contribution in [3.63, 3.8) is 0 Å². The van der Waals surface area contributed by atoms with Crippen molar-refractivity contribution in [2.45, 2.75) is 232 Å². The monoisotopic (exact) mass is 873 g/mol. The lowest BCUT2D eigenvalue weighted by atomic mass is 10.0. The maximum Gasteiger partial charge on any atom is 0.472 e. The van der Waals surface area contributed by atoms with E-state index in [0.29, 0.717) is 19.3 Å². The van der Waals surface area contributed by atoms with Gasteiger partial charge in [0.05, 0.1) is 19.8 Å². The van der Waals surface area contributed by atoms with Gasteiger partial charge in [0.15, 0.2) is 11.9 Å². The number of aliphatic hydroxyl groups is 2. The number of esters is 2. The predicted molar refractivity (Wildman–Crippen MR) is 243 cm³/mol. The van der Waals surface area contributed by atoms with E-state index in [1.165, 1.54) is 96.3 Å². The first kappa shape index (κ1) is 58.1. The molecule has 0 aromatic rings. The first-order valence-electron chi connectivity index (χ1n) is 24.1. The molecule has 0 aliphatic heterocycles. The Bertz CT molecular complexity index is 1130. The summed E-state index contributed by atoms with van der Waals surface area (Å²) in [5.74, 6) is 0.0257. The molecule has 352 valence electrons. The summed E-state index contributed by atoms with van der Waals surface area (Å²) >= 11 is 0. The molecule has 0 amide bonds. The van der Waals surface area contributed by atoms with Gasteiger partial charge in [-0.3, -0.25) is 23.4 Å². The third-order valence-corrected chi connectivity index (χ3v) is 11.5. The van der Waals surface area contributed by atoms with Crippen LogP contribution < -0.4 is 0 Å². The van der Waals surface area contributed by atoms with Crippen LogP contribution in [-0.2, 0) is 37.5 Å². The highest BCUT2D eigenvalue weighted by Crippen LogP contribution is 2.43. The number of ketones is 1. The van der Waals surface area contributed by atoms with Crippen molar-refractivity contribution in [3.8, 4) is 0 Å². The van der Waals surface area contributed by atoms with Crippen LogP contribution >= 0.6 is 7.82 Å². The number of phosphoric ester groups is 1. The molecule has 0 rings (SSSR count). The molecule has 12 heteroatoms. The number of rotatable bonds is 45. The summed E-state index contributed by atoms with van der Waals surface area (Å²) in [4.78, 5) is 46.8. The average Bonchev–Trinajstić information content (AvgIpc) is 3.22. The van der Waals surface area contributed by atoms with E-state index in [1.54, 1.807) is 12.2 Å². The molecule has 60 heavy (non-hydrogen) atoms. The van der Waals surface area contributed by atoms with Gasteiger partial charge in [0.1, 0.15) is 12.7 Å². The standard InChI is InChI=1S/C48H89O11P/c1-4-5-29-35-44(50)36-31-26-22-18-16-20-24-28-33-38-48(53)59-46(42-58-60(54,55)57-40-45(51)39-49)41-56-47(52)37-32-27-23-19-15-13-11-9-7-6-8-10-12-14-17-21-25-30-34-43(2)3/h22,26,31,36,43,45-46,49,51H,4-21,23-25,27-30,32-35,37-42H2,1-3H3,(H,54,55)/b26-22-,36-31+/t45-,46+/m0/s1. The minimum atomic E-state index is -4.64. The Labute approximate surface area is 365 Å². The number of carbonyl (C=O) groups is 3. The van der Waals surface area contributed by atoms with E-state index in [9.17, 15) is 28.9 Å². The van der Waals surface area contributed by atoms with Gasteiger partial charge in [-0.05, 0) is 44.1 Å². The molecule has 11 nitrogen and oxygen atoms in total. The summed E-state index contributed by atoms with van der Waals surface area (Å²) in [5, 5.41) is 18.4. The molecular weight excluding hydrogens is 783 g/mol. The van der Waals surface area contributed by atoms with Crippen LogP contribution in [0.25, 0.3) is 0 Å². The van der Waals surface area contributed by atoms with Crippen LogP contribution in [0.15, 0.2) is 24.3 Å². The van der Waals surface area contributed by atoms with Gasteiger partial charge in [-0.15, -0.1) is 0 Å². The Morgan fingerprint density at radius 3 is 1.57 bits per heavy atom. The van der Waals surface area contributed by atoms with E-state index in [1.807, 2.05) is 6.08 Å². The molecule has 3 atom stereocenters. The number of phosphoric acid groups is 1. The van der Waals surface area contributed by atoms with Gasteiger partial charge in [-0.25, -0.2) is 4.57 Å². The maximum absolute atomic E-state index is 12.6. The van der Waals surface area contributed by atoms with Gasteiger partial charge in [-0.2, -0.15) is 0 Å². The van der Waals surface area contributed by atoms with Gasteiger partial charge in [0.2, 0.25) is 0 Å². The van der Waals surface area contributed by atoms with Gasteiger partial charge < -0.3 is 24.6 Å². The lowest BCUT2D eigenvalue weighted by Gasteiger charge is -2.20. The highest BCUT2D eigenvalue weighted by molar-refractivity contribution is 7.47. The summed E-state index contributed by atoms with van der Waals surface area (Å²) in [6.07, 6.45) is 38.4. The van der Waals surface area contributed by atoms with E-state index < -0.39 is 51.8 Å². The van der Waals surface area contributed by atoms with Crippen molar-refractivity contribution in [1.82, 2.24) is 0 Å². The third-order valence-electron chi connectivity index (χ3n) is 10.5. The van der Waals surface area contributed by atoms with Crippen molar-refractivity contribution in [2.75, 3.05) is 26.4 Å². The maximum atomic E-state index is 12.6. The lowest BCUT2D eigenvalue weighted by Crippen LogP contribution is -2.29. The molecule has 0 aliphatic carbocycles. The van der Waals surface area contributed by atoms with E-state index >= 15 is 0 Å². The number of hydrogen-bond donors (Lipinski definition) is 3. The van der Waals surface area contributed by atoms with E-state index in [2.05, 4.69) is 31.4 Å². The second-order valence-corrected chi connectivity index (χ2v) is 18.5. The molecule has 0 spiro atoms. The van der Waals surface area contributed by atoms with Crippen LogP contribution in [0.3, 0.4) is 0 Å². The summed E-state index contributed by atoms with van der Waals surface area (Å²) < 4.78 is 32.7. The first-order chi connectivity index (χ1) is 29.0. The van der Waals surface area contributed by atoms with Gasteiger partial charge in [-0.1, -0.05) is 187 Å². The number of hydrogen-bond acceptors (Lipinski definition) is 10. The highest BCUT2D eigenvalue weighted by atomic mass is 31.2. The highest BCUT2D eigenvalue weighted by Gasteiger charge is 2.27. The molecule has 0 aromatic carbocycles. The molecule has 0 fully saturated rings. The Balaban J connectivity index is 4.22. The second kappa shape index (κ2) is 42.4. The SMILES string of the molecule is CCCCCC(=O)/C=C/C=C\CCCCCCCC(=O)O[C@H](COC(=O)CCCCCCCCCCCCCCCCCCCCC(C)C)COP(=O)(O)OC[C@@H](O)CO. The first-order valence-corrected chi connectivity index (χ1v) is 25.6. The van der Waals surface area contributed by atoms with Crippen molar-refractivity contribution in [1.29, 1.82) is 0 Å². The summed E-state index contributed by atoms with van der Waals surface area (Å²) in [6, 6.07) is 0. The Morgan fingerprint density at radius 2 is 1.05 bits per heavy atom. The third kappa shape index (κ3) is 42.8. The molecule has 1 unspecified atom stereocenters. The summed E-state index contributed by atoms with van der Waals surface area (Å²) in [5.41, 5.74) is 0. The molecule has 0 heterocycles. The van der Waals surface area contributed by atoms with Crippen molar-refractivity contribution in [2.24, 2.45) is 5.92 Å². The van der Waals surface area contributed by atoms with Crippen LogP contribution in [0, 0.1) is 5.92 Å². The quantitative estimate of drug-likeness (QED) is 0.0175. The van der Waals surface area contributed by atoms with E-state index in [0.717, 1.165) is 76.5 Å². The van der Waals surface area contributed by atoms with Crippen LogP contribution in [0.4, 0.5) is 0 Å². The lowest BCUT2D eigenvalue weighted by molar-refractivity contribution is -0.161. The fraction of sp³-hybridized carbons (Fsp3) is 0.854. The van der Waals surface area contributed by atoms with Crippen molar-refractivity contribution in [3.05, 3.63) is 24.3 Å². The minimum absolute atomic E-state index is 0.135. The molecule has 0 saturated heterocycles. The number of carbonyl (C=O) groups excluding carboxylic acids is 3. The fourth-order valence-corrected chi connectivity index (χ4v) is 7.54. The molecule has 0 bridgehead atoms. The second-order valence-electron chi connectivity index (χ2n) is 17.0. The van der Waals surface area contributed by atoms with Crippen molar-refractivity contribution < 1.29 is 52.6 Å². The zero-order valence-corrected chi connectivity index (χ0v) is 39.2. The number of allylic oxidation sites excluding steroid dienone is 4.